The standard InChI is InChI=1S/C10H17BrO/c1-4-10(2,3)7-5-6-8(12)9(7)11/h7,9H,4-6H2,1-3H3. The second-order valence-corrected chi connectivity index (χ2v) is 5.34. The summed E-state index contributed by atoms with van der Waals surface area (Å²) in [4.78, 5) is 11.4. The molecule has 1 aliphatic carbocycles. The fourth-order valence-electron chi connectivity index (χ4n) is 1.86. The lowest BCUT2D eigenvalue weighted by molar-refractivity contribution is -0.117. The number of ketones is 1. The zero-order chi connectivity index (χ0) is 9.35. The number of Topliss-reactive ketones (excluding diaryl/α,β-unsaturated/α-hetero) is 1. The van der Waals surface area contributed by atoms with Gasteiger partial charge in [0.1, 0.15) is 5.78 Å². The summed E-state index contributed by atoms with van der Waals surface area (Å²) in [5, 5.41) is 0. The highest BCUT2D eigenvalue weighted by molar-refractivity contribution is 9.10. The summed E-state index contributed by atoms with van der Waals surface area (Å²) < 4.78 is 0. The second-order valence-electron chi connectivity index (χ2n) is 4.36. The summed E-state index contributed by atoms with van der Waals surface area (Å²) in [6.07, 6.45) is 2.98. The molecule has 0 saturated heterocycles. The maximum absolute atomic E-state index is 11.3. The number of carbonyl (C=O) groups excluding carboxylic acids is 1. The molecule has 0 spiro atoms. The van der Waals surface area contributed by atoms with Gasteiger partial charge in [-0.2, -0.15) is 0 Å². The van der Waals surface area contributed by atoms with Crippen molar-refractivity contribution in [2.24, 2.45) is 11.3 Å². The Balaban J connectivity index is 2.71. The van der Waals surface area contributed by atoms with Gasteiger partial charge >= 0.3 is 0 Å². The summed E-state index contributed by atoms with van der Waals surface area (Å²) in [7, 11) is 0. The van der Waals surface area contributed by atoms with Crippen LogP contribution in [-0.2, 0) is 4.79 Å². The first-order valence-electron chi connectivity index (χ1n) is 4.66. The van der Waals surface area contributed by atoms with E-state index in [4.69, 9.17) is 0 Å². The summed E-state index contributed by atoms with van der Waals surface area (Å²) in [6.45, 7) is 6.71. The van der Waals surface area contributed by atoms with Crippen LogP contribution in [0.5, 0.6) is 0 Å². The third-order valence-electron chi connectivity index (χ3n) is 3.28. The molecule has 0 heterocycles. The molecule has 0 aliphatic heterocycles. The zero-order valence-electron chi connectivity index (χ0n) is 8.06. The SMILES string of the molecule is CCC(C)(C)C1CCC(=O)C1Br. The van der Waals surface area contributed by atoms with Crippen molar-refractivity contribution in [2.45, 2.75) is 44.9 Å². The Morgan fingerprint density at radius 3 is 2.50 bits per heavy atom. The molecule has 1 rings (SSSR count). The van der Waals surface area contributed by atoms with Crippen molar-refractivity contribution in [1.82, 2.24) is 0 Å². The highest BCUT2D eigenvalue weighted by atomic mass is 79.9. The molecule has 70 valence electrons. The largest absolute Gasteiger partial charge is 0.298 e. The van der Waals surface area contributed by atoms with Crippen molar-refractivity contribution in [3.63, 3.8) is 0 Å². The topological polar surface area (TPSA) is 17.1 Å². The van der Waals surface area contributed by atoms with Crippen LogP contribution in [0.2, 0.25) is 0 Å². The lowest BCUT2D eigenvalue weighted by Crippen LogP contribution is -2.28. The van der Waals surface area contributed by atoms with E-state index in [9.17, 15) is 4.79 Å². The highest BCUT2D eigenvalue weighted by Gasteiger charge is 2.40. The van der Waals surface area contributed by atoms with Gasteiger partial charge in [-0.1, -0.05) is 43.1 Å². The number of halogens is 1. The van der Waals surface area contributed by atoms with E-state index >= 15 is 0 Å². The normalized spacial score (nSPS) is 31.2. The highest BCUT2D eigenvalue weighted by Crippen LogP contribution is 2.43. The van der Waals surface area contributed by atoms with Gasteiger partial charge < -0.3 is 0 Å². The number of hydrogen-bond donors (Lipinski definition) is 0. The first-order valence-corrected chi connectivity index (χ1v) is 5.57. The molecule has 2 unspecified atom stereocenters. The summed E-state index contributed by atoms with van der Waals surface area (Å²) in [5.41, 5.74) is 0.306. The Morgan fingerprint density at radius 1 is 1.58 bits per heavy atom. The lowest BCUT2D eigenvalue weighted by Gasteiger charge is -2.31. The molecule has 12 heavy (non-hydrogen) atoms. The second kappa shape index (κ2) is 3.49. The van der Waals surface area contributed by atoms with Gasteiger partial charge in [0.05, 0.1) is 4.83 Å². The van der Waals surface area contributed by atoms with Crippen molar-refractivity contribution in [2.75, 3.05) is 0 Å². The van der Waals surface area contributed by atoms with E-state index in [-0.39, 0.29) is 4.83 Å². The molecule has 0 radical (unpaired) electrons. The van der Waals surface area contributed by atoms with Gasteiger partial charge in [0.2, 0.25) is 0 Å². The van der Waals surface area contributed by atoms with Crippen molar-refractivity contribution in [3.8, 4) is 0 Å². The van der Waals surface area contributed by atoms with Crippen LogP contribution in [0.1, 0.15) is 40.0 Å². The fourth-order valence-corrected chi connectivity index (χ4v) is 3.06. The minimum atomic E-state index is 0.118. The third-order valence-corrected chi connectivity index (χ3v) is 4.43. The molecule has 0 bridgehead atoms. The lowest BCUT2D eigenvalue weighted by atomic mass is 9.76. The molecule has 0 N–H and O–H groups in total. The van der Waals surface area contributed by atoms with Crippen LogP contribution in [0, 0.1) is 11.3 Å². The van der Waals surface area contributed by atoms with E-state index in [2.05, 4.69) is 36.7 Å². The quantitative estimate of drug-likeness (QED) is 0.669. The van der Waals surface area contributed by atoms with Gasteiger partial charge in [0.15, 0.2) is 0 Å². The van der Waals surface area contributed by atoms with Crippen LogP contribution in [-0.4, -0.2) is 10.6 Å². The van der Waals surface area contributed by atoms with E-state index in [1.165, 1.54) is 0 Å². The Bertz CT molecular complexity index is 186. The maximum atomic E-state index is 11.3. The van der Waals surface area contributed by atoms with Crippen LogP contribution in [0.4, 0.5) is 0 Å². The Kier molecular flexibility index (Phi) is 2.97. The Morgan fingerprint density at radius 2 is 2.17 bits per heavy atom. The minimum Gasteiger partial charge on any atom is -0.298 e. The van der Waals surface area contributed by atoms with Crippen LogP contribution in [0.15, 0.2) is 0 Å². The monoisotopic (exact) mass is 232 g/mol. The van der Waals surface area contributed by atoms with Gasteiger partial charge in [0.25, 0.3) is 0 Å². The molecule has 2 heteroatoms. The van der Waals surface area contributed by atoms with Crippen LogP contribution < -0.4 is 0 Å². The Labute approximate surface area is 83.0 Å². The summed E-state index contributed by atoms with van der Waals surface area (Å²) >= 11 is 3.50. The molecule has 1 saturated carbocycles. The summed E-state index contributed by atoms with van der Waals surface area (Å²) in [6, 6.07) is 0. The van der Waals surface area contributed by atoms with Gasteiger partial charge in [0, 0.05) is 6.42 Å². The predicted molar refractivity (Wildman–Crippen MR) is 54.5 cm³/mol. The molecule has 0 aromatic heterocycles. The van der Waals surface area contributed by atoms with E-state index in [0.29, 0.717) is 17.1 Å². The molecule has 2 atom stereocenters. The molecule has 0 aromatic rings. The average molecular weight is 233 g/mol. The zero-order valence-corrected chi connectivity index (χ0v) is 9.65. The third kappa shape index (κ3) is 1.73. The molecule has 0 aromatic carbocycles. The number of hydrogen-bond acceptors (Lipinski definition) is 1. The van der Waals surface area contributed by atoms with Crippen LogP contribution in [0.3, 0.4) is 0 Å². The van der Waals surface area contributed by atoms with E-state index in [0.717, 1.165) is 19.3 Å². The number of alkyl halides is 1. The number of rotatable bonds is 2. The van der Waals surface area contributed by atoms with Crippen molar-refractivity contribution >= 4 is 21.7 Å². The Hall–Kier alpha value is 0.150. The molecule has 1 nitrogen and oxygen atoms in total. The van der Waals surface area contributed by atoms with E-state index in [1.807, 2.05) is 0 Å². The van der Waals surface area contributed by atoms with Crippen LogP contribution >= 0.6 is 15.9 Å². The average Bonchev–Trinajstić information content (AvgIpc) is 2.33. The molecule has 1 aliphatic rings. The number of carbonyl (C=O) groups is 1. The van der Waals surface area contributed by atoms with Crippen molar-refractivity contribution in [3.05, 3.63) is 0 Å². The molecular formula is C10H17BrO. The fraction of sp³-hybridized carbons (Fsp3) is 0.900. The first kappa shape index (κ1) is 10.2. The van der Waals surface area contributed by atoms with Crippen molar-refractivity contribution in [1.29, 1.82) is 0 Å². The molecule has 0 amide bonds. The maximum Gasteiger partial charge on any atom is 0.146 e. The van der Waals surface area contributed by atoms with E-state index in [1.54, 1.807) is 0 Å². The van der Waals surface area contributed by atoms with E-state index < -0.39 is 0 Å². The van der Waals surface area contributed by atoms with Crippen LogP contribution in [0.25, 0.3) is 0 Å². The van der Waals surface area contributed by atoms with Gasteiger partial charge in [-0.15, -0.1) is 0 Å². The predicted octanol–water partition coefficient (Wildman–Crippen LogP) is 3.17. The first-order chi connectivity index (χ1) is 5.49. The minimum absolute atomic E-state index is 0.118. The van der Waals surface area contributed by atoms with Gasteiger partial charge in [-0.3, -0.25) is 4.79 Å². The summed E-state index contributed by atoms with van der Waals surface area (Å²) in [5.74, 6) is 0.927. The van der Waals surface area contributed by atoms with Gasteiger partial charge in [-0.05, 0) is 17.8 Å². The molecular weight excluding hydrogens is 216 g/mol. The van der Waals surface area contributed by atoms with Gasteiger partial charge in [-0.25, -0.2) is 0 Å². The smallest absolute Gasteiger partial charge is 0.146 e. The van der Waals surface area contributed by atoms with Crippen molar-refractivity contribution < 1.29 is 4.79 Å². The molecule has 1 fully saturated rings.